The van der Waals surface area contributed by atoms with Crippen molar-refractivity contribution in [1.29, 1.82) is 0 Å². The number of rotatable bonds is 2. The van der Waals surface area contributed by atoms with Crippen LogP contribution in [0.15, 0.2) is 0 Å². The van der Waals surface area contributed by atoms with Gasteiger partial charge in [0.1, 0.15) is 0 Å². The fourth-order valence-electron chi connectivity index (χ4n) is 2.06. The first kappa shape index (κ1) is 8.09. The molecule has 1 aliphatic heterocycles. The predicted octanol–water partition coefficient (Wildman–Crippen LogP) is 1.80. The molecule has 2 aliphatic rings. The molecule has 0 bridgehead atoms. The Morgan fingerprint density at radius 3 is 2.67 bits per heavy atom. The van der Waals surface area contributed by atoms with E-state index >= 15 is 0 Å². The zero-order valence-electron chi connectivity index (χ0n) is 7.97. The highest BCUT2D eigenvalue weighted by Gasteiger charge is 2.52. The van der Waals surface area contributed by atoms with Gasteiger partial charge in [0.15, 0.2) is 0 Å². The molecule has 1 saturated heterocycles. The smallest absolute Gasteiger partial charge is 0.223 e. The molecule has 1 amide bonds. The number of hydrogen-bond acceptors (Lipinski definition) is 1. The summed E-state index contributed by atoms with van der Waals surface area (Å²) in [6.45, 7) is 5.34. The molecule has 1 aliphatic carbocycles. The molecular weight excluding hydrogens is 150 g/mol. The number of nitrogens with zero attached hydrogens (tertiary/aromatic N) is 1. The minimum Gasteiger partial charge on any atom is -0.339 e. The molecule has 2 nitrogen and oxygen atoms in total. The summed E-state index contributed by atoms with van der Waals surface area (Å²) < 4.78 is 0. The van der Waals surface area contributed by atoms with Crippen molar-refractivity contribution in [3.05, 3.63) is 0 Å². The van der Waals surface area contributed by atoms with E-state index in [9.17, 15) is 4.79 Å². The minimum absolute atomic E-state index is 0.391. The molecule has 12 heavy (non-hydrogen) atoms. The second-order valence-electron chi connectivity index (χ2n) is 4.46. The van der Waals surface area contributed by atoms with Gasteiger partial charge in [0.05, 0.1) is 0 Å². The van der Waals surface area contributed by atoms with Crippen molar-refractivity contribution in [2.75, 3.05) is 6.54 Å². The van der Waals surface area contributed by atoms with Gasteiger partial charge < -0.3 is 4.90 Å². The third kappa shape index (κ3) is 1.13. The van der Waals surface area contributed by atoms with Gasteiger partial charge in [-0.15, -0.1) is 0 Å². The zero-order valence-corrected chi connectivity index (χ0v) is 7.97. The third-order valence-electron chi connectivity index (χ3n) is 3.43. The van der Waals surface area contributed by atoms with Crippen LogP contribution in [0.4, 0.5) is 0 Å². The van der Waals surface area contributed by atoms with E-state index in [4.69, 9.17) is 0 Å². The van der Waals surface area contributed by atoms with Crippen molar-refractivity contribution in [3.63, 3.8) is 0 Å². The van der Waals surface area contributed by atoms with Crippen LogP contribution in [0.5, 0.6) is 0 Å². The summed E-state index contributed by atoms with van der Waals surface area (Å²) in [5, 5.41) is 0. The standard InChI is InChI=1S/C10H17NO/c1-3-8(2)11-7-10(4-5-10)6-9(11)12/h8H,3-7H2,1-2H3. The monoisotopic (exact) mass is 167 g/mol. The third-order valence-corrected chi connectivity index (χ3v) is 3.43. The highest BCUT2D eigenvalue weighted by atomic mass is 16.2. The summed E-state index contributed by atoms with van der Waals surface area (Å²) in [4.78, 5) is 13.6. The average molecular weight is 167 g/mol. The fraction of sp³-hybridized carbons (Fsp3) is 0.900. The van der Waals surface area contributed by atoms with Crippen LogP contribution in [0, 0.1) is 5.41 Å². The Kier molecular flexibility index (Phi) is 1.67. The minimum atomic E-state index is 0.391. The Labute approximate surface area is 73.9 Å². The summed E-state index contributed by atoms with van der Waals surface area (Å²) in [7, 11) is 0. The Morgan fingerprint density at radius 1 is 1.58 bits per heavy atom. The van der Waals surface area contributed by atoms with E-state index in [2.05, 4.69) is 18.7 Å². The van der Waals surface area contributed by atoms with Gasteiger partial charge in [-0.1, -0.05) is 6.92 Å². The lowest BCUT2D eigenvalue weighted by atomic mass is 10.1. The van der Waals surface area contributed by atoms with Crippen LogP contribution in [0.2, 0.25) is 0 Å². The molecule has 0 aromatic carbocycles. The van der Waals surface area contributed by atoms with Crippen LogP contribution in [-0.4, -0.2) is 23.4 Å². The van der Waals surface area contributed by atoms with Gasteiger partial charge in [0.25, 0.3) is 0 Å². The second-order valence-corrected chi connectivity index (χ2v) is 4.46. The van der Waals surface area contributed by atoms with Gasteiger partial charge in [0, 0.05) is 19.0 Å². The van der Waals surface area contributed by atoms with Crippen LogP contribution in [0.1, 0.15) is 39.5 Å². The number of amides is 1. The molecule has 1 spiro atoms. The van der Waals surface area contributed by atoms with Crippen LogP contribution >= 0.6 is 0 Å². The molecular formula is C10H17NO. The molecule has 1 saturated carbocycles. The Morgan fingerprint density at radius 2 is 2.25 bits per heavy atom. The maximum absolute atomic E-state index is 11.6. The number of hydrogen-bond donors (Lipinski definition) is 0. The highest BCUT2D eigenvalue weighted by molar-refractivity contribution is 5.80. The van der Waals surface area contributed by atoms with Crippen LogP contribution in [-0.2, 0) is 4.79 Å². The van der Waals surface area contributed by atoms with E-state index in [-0.39, 0.29) is 0 Å². The van der Waals surface area contributed by atoms with Crippen molar-refractivity contribution in [3.8, 4) is 0 Å². The van der Waals surface area contributed by atoms with E-state index < -0.39 is 0 Å². The Hall–Kier alpha value is -0.530. The fourth-order valence-corrected chi connectivity index (χ4v) is 2.06. The van der Waals surface area contributed by atoms with Crippen LogP contribution < -0.4 is 0 Å². The predicted molar refractivity (Wildman–Crippen MR) is 47.8 cm³/mol. The van der Waals surface area contributed by atoms with Crippen molar-refractivity contribution in [1.82, 2.24) is 4.90 Å². The molecule has 1 heterocycles. The van der Waals surface area contributed by atoms with Crippen LogP contribution in [0.25, 0.3) is 0 Å². The van der Waals surface area contributed by atoms with Gasteiger partial charge in [-0.05, 0) is 31.6 Å². The van der Waals surface area contributed by atoms with E-state index in [0.717, 1.165) is 19.4 Å². The van der Waals surface area contributed by atoms with Gasteiger partial charge in [-0.25, -0.2) is 0 Å². The highest BCUT2D eigenvalue weighted by Crippen LogP contribution is 2.53. The lowest BCUT2D eigenvalue weighted by Gasteiger charge is -2.23. The molecule has 1 atom stereocenters. The number of carbonyl (C=O) groups is 1. The normalized spacial score (nSPS) is 28.2. The van der Waals surface area contributed by atoms with Gasteiger partial charge in [-0.2, -0.15) is 0 Å². The molecule has 2 fully saturated rings. The topological polar surface area (TPSA) is 20.3 Å². The first-order valence-corrected chi connectivity index (χ1v) is 4.96. The Balaban J connectivity index is 2.03. The molecule has 0 aromatic rings. The summed E-state index contributed by atoms with van der Waals surface area (Å²) in [6.07, 6.45) is 4.48. The van der Waals surface area contributed by atoms with Crippen molar-refractivity contribution in [2.45, 2.75) is 45.6 Å². The molecule has 1 unspecified atom stereocenters. The molecule has 2 heteroatoms. The lowest BCUT2D eigenvalue weighted by Crippen LogP contribution is -2.33. The van der Waals surface area contributed by atoms with E-state index in [1.807, 2.05) is 0 Å². The molecule has 0 N–H and O–H groups in total. The van der Waals surface area contributed by atoms with Crippen molar-refractivity contribution >= 4 is 5.91 Å². The quantitative estimate of drug-likeness (QED) is 0.614. The second kappa shape index (κ2) is 2.48. The maximum atomic E-state index is 11.6. The Bertz CT molecular complexity index is 208. The van der Waals surface area contributed by atoms with Gasteiger partial charge >= 0.3 is 0 Å². The summed E-state index contributed by atoms with van der Waals surface area (Å²) in [5.74, 6) is 0.391. The van der Waals surface area contributed by atoms with Gasteiger partial charge in [-0.3, -0.25) is 4.79 Å². The van der Waals surface area contributed by atoms with E-state index in [1.54, 1.807) is 0 Å². The molecule has 68 valence electrons. The van der Waals surface area contributed by atoms with E-state index in [1.165, 1.54) is 12.8 Å². The summed E-state index contributed by atoms with van der Waals surface area (Å²) >= 11 is 0. The maximum Gasteiger partial charge on any atom is 0.223 e. The SMILES string of the molecule is CCC(C)N1CC2(CC2)CC1=O. The molecule has 2 rings (SSSR count). The summed E-state index contributed by atoms with van der Waals surface area (Å²) in [5.41, 5.74) is 0.445. The first-order chi connectivity index (χ1) is 5.67. The average Bonchev–Trinajstić information content (AvgIpc) is 2.70. The number of carbonyl (C=O) groups excluding carboxylic acids is 1. The lowest BCUT2D eigenvalue weighted by molar-refractivity contribution is -0.129. The largest absolute Gasteiger partial charge is 0.339 e. The van der Waals surface area contributed by atoms with Crippen LogP contribution in [0.3, 0.4) is 0 Å². The molecule has 0 aromatic heterocycles. The first-order valence-electron chi connectivity index (χ1n) is 4.96. The van der Waals surface area contributed by atoms with Crippen molar-refractivity contribution in [2.24, 2.45) is 5.41 Å². The van der Waals surface area contributed by atoms with Crippen molar-refractivity contribution < 1.29 is 4.79 Å². The molecule has 0 radical (unpaired) electrons. The van der Waals surface area contributed by atoms with E-state index in [0.29, 0.717) is 17.4 Å². The zero-order chi connectivity index (χ0) is 8.77. The number of likely N-dealkylation sites (tertiary alicyclic amines) is 1. The van der Waals surface area contributed by atoms with Gasteiger partial charge in [0.2, 0.25) is 5.91 Å². The summed E-state index contributed by atoms with van der Waals surface area (Å²) in [6, 6.07) is 0.456.